The molecule has 2 aromatic heterocycles. The maximum atomic E-state index is 13.3. The number of hydrogen-bond donors (Lipinski definition) is 0. The van der Waals surface area contributed by atoms with Gasteiger partial charge in [0.05, 0.1) is 29.0 Å². The number of halogens is 1. The van der Waals surface area contributed by atoms with Crippen LogP contribution in [0.5, 0.6) is 0 Å². The van der Waals surface area contributed by atoms with Gasteiger partial charge in [-0.3, -0.25) is 9.36 Å². The van der Waals surface area contributed by atoms with Crippen LogP contribution in [0.1, 0.15) is 30.0 Å². The molecule has 0 aliphatic carbocycles. The molecule has 0 radical (unpaired) electrons. The molecule has 0 saturated heterocycles. The van der Waals surface area contributed by atoms with Crippen LogP contribution in [-0.4, -0.2) is 17.6 Å². The molecule has 0 amide bonds. The Morgan fingerprint density at radius 2 is 1.97 bits per heavy atom. The fourth-order valence-corrected chi connectivity index (χ4v) is 4.47. The topological polar surface area (TPSA) is 73.8 Å². The number of esters is 1. The fourth-order valence-electron chi connectivity index (χ4n) is 3.31. The Labute approximate surface area is 175 Å². The highest BCUT2D eigenvalue weighted by molar-refractivity contribution is 7.07. The predicted molar refractivity (Wildman–Crippen MR) is 111 cm³/mol. The number of methoxy groups -OCH3 is 1. The average molecular weight is 429 g/mol. The normalized spacial score (nSPS) is 16.6. The van der Waals surface area contributed by atoms with E-state index in [1.165, 1.54) is 23.0 Å². The Bertz CT molecular complexity index is 1310. The summed E-state index contributed by atoms with van der Waals surface area (Å²) in [5.74, 6) is 0.814. The largest absolute Gasteiger partial charge is 0.466 e. The SMILES string of the molecule is COC(=O)C1=C(C)N=c2s/c(=C/c3ccc(C)o3)c(=O)n2[C@H]1c1ccc(Cl)cc1. The van der Waals surface area contributed by atoms with Crippen LogP contribution < -0.4 is 14.9 Å². The number of allylic oxidation sites excluding steroid dienone is 1. The Kier molecular flexibility index (Phi) is 5.02. The number of carbonyl (C=O) groups is 1. The quantitative estimate of drug-likeness (QED) is 0.601. The molecule has 3 aromatic rings. The van der Waals surface area contributed by atoms with Crippen LogP contribution in [0.3, 0.4) is 0 Å². The Hall–Kier alpha value is -2.90. The number of aryl methyl sites for hydroxylation is 1. The van der Waals surface area contributed by atoms with E-state index in [-0.39, 0.29) is 5.56 Å². The van der Waals surface area contributed by atoms with Gasteiger partial charge < -0.3 is 9.15 Å². The highest BCUT2D eigenvalue weighted by atomic mass is 35.5. The summed E-state index contributed by atoms with van der Waals surface area (Å²) in [5.41, 5.74) is 1.32. The van der Waals surface area contributed by atoms with E-state index >= 15 is 0 Å². The summed E-state index contributed by atoms with van der Waals surface area (Å²) in [6.45, 7) is 3.58. The number of thiazole rings is 1. The molecule has 0 bridgehead atoms. The molecule has 0 unspecified atom stereocenters. The van der Waals surface area contributed by atoms with Gasteiger partial charge in [0.1, 0.15) is 11.5 Å². The van der Waals surface area contributed by atoms with Crippen LogP contribution in [0.25, 0.3) is 6.08 Å². The molecule has 1 aliphatic rings. The molecule has 1 aliphatic heterocycles. The first-order valence-corrected chi connectivity index (χ1v) is 10.0. The lowest BCUT2D eigenvalue weighted by atomic mass is 9.96. The van der Waals surface area contributed by atoms with Gasteiger partial charge in [-0.1, -0.05) is 35.1 Å². The molecule has 0 spiro atoms. The number of furan rings is 1. The summed E-state index contributed by atoms with van der Waals surface area (Å²) < 4.78 is 12.5. The minimum Gasteiger partial charge on any atom is -0.466 e. The molecule has 1 aromatic carbocycles. The molecule has 6 nitrogen and oxygen atoms in total. The summed E-state index contributed by atoms with van der Waals surface area (Å²) >= 11 is 7.28. The third kappa shape index (κ3) is 3.47. The molecule has 0 saturated carbocycles. The monoisotopic (exact) mass is 428 g/mol. The van der Waals surface area contributed by atoms with Crippen LogP contribution in [-0.2, 0) is 9.53 Å². The van der Waals surface area contributed by atoms with Gasteiger partial charge in [-0.15, -0.1) is 0 Å². The van der Waals surface area contributed by atoms with E-state index in [0.29, 0.717) is 31.4 Å². The van der Waals surface area contributed by atoms with E-state index in [4.69, 9.17) is 20.8 Å². The highest BCUT2D eigenvalue weighted by Gasteiger charge is 2.33. The van der Waals surface area contributed by atoms with Crippen LogP contribution in [0, 0.1) is 6.92 Å². The number of aromatic nitrogens is 1. The summed E-state index contributed by atoms with van der Waals surface area (Å²) in [6.07, 6.45) is 1.69. The van der Waals surface area contributed by atoms with Crippen molar-refractivity contribution in [2.24, 2.45) is 4.99 Å². The number of benzene rings is 1. The van der Waals surface area contributed by atoms with Crippen molar-refractivity contribution in [2.75, 3.05) is 7.11 Å². The van der Waals surface area contributed by atoms with Crippen molar-refractivity contribution in [3.8, 4) is 0 Å². The molecule has 29 heavy (non-hydrogen) atoms. The zero-order valence-electron chi connectivity index (χ0n) is 15.9. The van der Waals surface area contributed by atoms with Gasteiger partial charge in [0.2, 0.25) is 0 Å². The minimum atomic E-state index is -0.656. The lowest BCUT2D eigenvalue weighted by Crippen LogP contribution is -2.39. The zero-order chi connectivity index (χ0) is 20.7. The molecule has 8 heteroatoms. The zero-order valence-corrected chi connectivity index (χ0v) is 17.5. The molecule has 4 rings (SSSR count). The van der Waals surface area contributed by atoms with Gasteiger partial charge in [0.25, 0.3) is 5.56 Å². The Balaban J connectivity index is 1.98. The molecule has 148 valence electrons. The first-order chi connectivity index (χ1) is 13.9. The second kappa shape index (κ2) is 7.50. The predicted octanol–water partition coefficient (Wildman–Crippen LogP) is 2.96. The van der Waals surface area contributed by atoms with Crippen molar-refractivity contribution < 1.29 is 13.9 Å². The molecule has 3 heterocycles. The molecular weight excluding hydrogens is 412 g/mol. The van der Waals surface area contributed by atoms with E-state index in [2.05, 4.69) is 4.99 Å². The van der Waals surface area contributed by atoms with E-state index in [1.54, 1.807) is 43.3 Å². The Morgan fingerprint density at radius 1 is 1.24 bits per heavy atom. The van der Waals surface area contributed by atoms with E-state index in [0.717, 1.165) is 11.3 Å². The van der Waals surface area contributed by atoms with Crippen molar-refractivity contribution >= 4 is 35.0 Å². The van der Waals surface area contributed by atoms with Crippen molar-refractivity contribution in [2.45, 2.75) is 19.9 Å². The van der Waals surface area contributed by atoms with E-state index in [1.807, 2.05) is 13.0 Å². The van der Waals surface area contributed by atoms with E-state index < -0.39 is 12.0 Å². The summed E-state index contributed by atoms with van der Waals surface area (Å²) in [4.78, 5) is 30.8. The van der Waals surface area contributed by atoms with Gasteiger partial charge in [-0.25, -0.2) is 9.79 Å². The molecular formula is C21H17ClN2O4S. The molecule has 1 atom stereocenters. The smallest absolute Gasteiger partial charge is 0.338 e. The fraction of sp³-hybridized carbons (Fsp3) is 0.190. The lowest BCUT2D eigenvalue weighted by molar-refractivity contribution is -0.136. The third-order valence-corrected chi connectivity index (χ3v) is 5.88. The van der Waals surface area contributed by atoms with Crippen LogP contribution >= 0.6 is 22.9 Å². The summed E-state index contributed by atoms with van der Waals surface area (Å²) in [6, 6.07) is 10.0. The number of fused-ring (bicyclic) bond motifs is 1. The second-order valence-corrected chi connectivity index (χ2v) is 8.02. The molecule has 0 N–H and O–H groups in total. The highest BCUT2D eigenvalue weighted by Crippen LogP contribution is 2.31. The standard InChI is InChI=1S/C21H17ClN2O4S/c1-11-4-9-15(28-11)10-16-19(25)24-18(13-5-7-14(22)8-6-13)17(20(26)27-3)12(2)23-21(24)29-16/h4-10,18H,1-3H3/b16-10+/t18-/m0/s1. The van der Waals surface area contributed by atoms with E-state index in [9.17, 15) is 9.59 Å². The average Bonchev–Trinajstić information content (AvgIpc) is 3.24. The number of ether oxygens (including phenoxy) is 1. The maximum Gasteiger partial charge on any atom is 0.338 e. The number of carbonyl (C=O) groups excluding carboxylic acids is 1. The van der Waals surface area contributed by atoms with Crippen molar-refractivity contribution in [1.82, 2.24) is 4.57 Å². The first-order valence-electron chi connectivity index (χ1n) is 8.82. The second-order valence-electron chi connectivity index (χ2n) is 6.57. The van der Waals surface area contributed by atoms with Crippen LogP contribution in [0.2, 0.25) is 5.02 Å². The van der Waals surface area contributed by atoms with Gasteiger partial charge in [-0.05, 0) is 43.7 Å². The van der Waals surface area contributed by atoms with Crippen LogP contribution in [0.15, 0.2) is 61.9 Å². The summed E-state index contributed by atoms with van der Waals surface area (Å²) in [5, 5.41) is 0.565. The van der Waals surface area contributed by atoms with Gasteiger partial charge in [0, 0.05) is 11.1 Å². The van der Waals surface area contributed by atoms with Crippen molar-refractivity contribution in [3.63, 3.8) is 0 Å². The van der Waals surface area contributed by atoms with Gasteiger partial charge in [0.15, 0.2) is 4.80 Å². The number of rotatable bonds is 3. The Morgan fingerprint density at radius 3 is 2.59 bits per heavy atom. The minimum absolute atomic E-state index is 0.253. The van der Waals surface area contributed by atoms with Gasteiger partial charge in [-0.2, -0.15) is 0 Å². The maximum absolute atomic E-state index is 13.3. The number of nitrogens with zero attached hydrogens (tertiary/aromatic N) is 2. The summed E-state index contributed by atoms with van der Waals surface area (Å²) in [7, 11) is 1.31. The van der Waals surface area contributed by atoms with Crippen molar-refractivity contribution in [3.05, 3.63) is 89.5 Å². The van der Waals surface area contributed by atoms with Crippen LogP contribution in [0.4, 0.5) is 0 Å². The third-order valence-electron chi connectivity index (χ3n) is 4.65. The molecule has 0 fully saturated rings. The number of hydrogen-bond acceptors (Lipinski definition) is 6. The first kappa shape index (κ1) is 19.4. The van der Waals surface area contributed by atoms with Gasteiger partial charge >= 0.3 is 5.97 Å². The van der Waals surface area contributed by atoms with Crippen molar-refractivity contribution in [1.29, 1.82) is 0 Å². The lowest BCUT2D eigenvalue weighted by Gasteiger charge is -2.24.